The van der Waals surface area contributed by atoms with Crippen LogP contribution >= 0.6 is 23.2 Å². The van der Waals surface area contributed by atoms with Gasteiger partial charge in [-0.2, -0.15) is 0 Å². The van der Waals surface area contributed by atoms with Gasteiger partial charge in [0.05, 0.1) is 21.3 Å². The zero-order valence-corrected chi connectivity index (χ0v) is 17.0. The Kier molecular flexibility index (Phi) is 5.53. The van der Waals surface area contributed by atoms with Gasteiger partial charge in [-0.05, 0) is 48.0 Å². The lowest BCUT2D eigenvalue weighted by atomic mass is 9.98. The number of aliphatic hydroxyl groups excluding tert-OH is 1. The third-order valence-electron chi connectivity index (χ3n) is 4.80. The molecule has 1 aliphatic heterocycles. The molecule has 1 N–H and O–H groups in total. The number of benzene rings is 1. The number of Topliss-reactive ketones (excluding diaryl/α,β-unsaturated/α-hetero) is 1. The molecule has 0 radical (unpaired) electrons. The van der Waals surface area contributed by atoms with E-state index in [1.54, 1.807) is 48.9 Å². The lowest BCUT2D eigenvalue weighted by Gasteiger charge is -2.24. The zero-order chi connectivity index (χ0) is 21.3. The molecular weight excluding hydrogens is 425 g/mol. The van der Waals surface area contributed by atoms with Crippen molar-refractivity contribution in [2.24, 2.45) is 0 Å². The van der Waals surface area contributed by atoms with Crippen molar-refractivity contribution in [3.05, 3.63) is 99.6 Å². The number of amides is 1. The standard InChI is InChI=1S/C22H15Cl2N3O3/c23-15-5-4-14(11-16(15)24)20(28)18-19(17-3-1-2-8-26-17)27(22(30)21(18)29)12-13-6-9-25-10-7-13/h1-11,19,28H,12H2/b20-18-. The van der Waals surface area contributed by atoms with Crippen LogP contribution in [0.25, 0.3) is 5.76 Å². The predicted molar refractivity (Wildman–Crippen MR) is 113 cm³/mol. The van der Waals surface area contributed by atoms with Crippen LogP contribution in [0.5, 0.6) is 0 Å². The van der Waals surface area contributed by atoms with E-state index in [-0.39, 0.29) is 28.5 Å². The van der Waals surface area contributed by atoms with Gasteiger partial charge in [0.1, 0.15) is 11.8 Å². The second kappa shape index (κ2) is 8.26. The molecule has 1 saturated heterocycles. The van der Waals surface area contributed by atoms with Crippen molar-refractivity contribution >= 4 is 40.7 Å². The maximum absolute atomic E-state index is 12.9. The number of carbonyl (C=O) groups is 2. The highest BCUT2D eigenvalue weighted by molar-refractivity contribution is 6.46. The van der Waals surface area contributed by atoms with Crippen LogP contribution in [-0.2, 0) is 16.1 Å². The molecule has 1 aromatic carbocycles. The van der Waals surface area contributed by atoms with Crippen LogP contribution < -0.4 is 0 Å². The van der Waals surface area contributed by atoms with Crippen molar-refractivity contribution in [2.75, 3.05) is 0 Å². The first kappa shape index (κ1) is 20.1. The van der Waals surface area contributed by atoms with Crippen LogP contribution in [0.4, 0.5) is 0 Å². The summed E-state index contributed by atoms with van der Waals surface area (Å²) in [5.74, 6) is -1.84. The van der Waals surface area contributed by atoms with Gasteiger partial charge in [0.25, 0.3) is 11.7 Å². The van der Waals surface area contributed by atoms with Gasteiger partial charge >= 0.3 is 0 Å². The van der Waals surface area contributed by atoms with E-state index >= 15 is 0 Å². The Morgan fingerprint density at radius 2 is 1.77 bits per heavy atom. The molecule has 1 fully saturated rings. The molecular formula is C22H15Cl2N3O3. The minimum absolute atomic E-state index is 0.0499. The maximum Gasteiger partial charge on any atom is 0.296 e. The monoisotopic (exact) mass is 439 g/mol. The molecule has 150 valence electrons. The topological polar surface area (TPSA) is 83.4 Å². The first-order chi connectivity index (χ1) is 14.5. The predicted octanol–water partition coefficient (Wildman–Crippen LogP) is 4.41. The number of ketones is 1. The summed E-state index contributed by atoms with van der Waals surface area (Å²) < 4.78 is 0. The highest BCUT2D eigenvalue weighted by atomic mass is 35.5. The van der Waals surface area contributed by atoms with Gasteiger partial charge in [0.2, 0.25) is 0 Å². The average molecular weight is 440 g/mol. The number of carbonyl (C=O) groups excluding carboxylic acids is 2. The molecule has 30 heavy (non-hydrogen) atoms. The third kappa shape index (κ3) is 3.67. The number of likely N-dealkylation sites (tertiary alicyclic amines) is 1. The summed E-state index contributed by atoms with van der Waals surface area (Å²) in [6.07, 6.45) is 4.79. The van der Waals surface area contributed by atoms with Crippen molar-refractivity contribution in [1.82, 2.24) is 14.9 Å². The molecule has 0 bridgehead atoms. The fourth-order valence-electron chi connectivity index (χ4n) is 3.37. The number of hydrogen-bond donors (Lipinski definition) is 1. The van der Waals surface area contributed by atoms with Crippen molar-refractivity contribution < 1.29 is 14.7 Å². The first-order valence-corrected chi connectivity index (χ1v) is 9.76. The lowest BCUT2D eigenvalue weighted by Crippen LogP contribution is -2.29. The Balaban J connectivity index is 1.86. The Morgan fingerprint density at radius 3 is 2.43 bits per heavy atom. The highest BCUT2D eigenvalue weighted by Gasteiger charge is 2.46. The van der Waals surface area contributed by atoms with Gasteiger partial charge in [0.15, 0.2) is 0 Å². The number of rotatable bonds is 4. The molecule has 4 rings (SSSR count). The van der Waals surface area contributed by atoms with Gasteiger partial charge in [-0.3, -0.25) is 19.6 Å². The molecule has 1 unspecified atom stereocenters. The van der Waals surface area contributed by atoms with E-state index in [4.69, 9.17) is 23.2 Å². The van der Waals surface area contributed by atoms with Crippen LogP contribution in [-0.4, -0.2) is 31.7 Å². The molecule has 3 aromatic rings. The van der Waals surface area contributed by atoms with Crippen molar-refractivity contribution in [3.8, 4) is 0 Å². The fourth-order valence-corrected chi connectivity index (χ4v) is 3.67. The highest BCUT2D eigenvalue weighted by Crippen LogP contribution is 2.40. The van der Waals surface area contributed by atoms with Crippen LogP contribution in [0.3, 0.4) is 0 Å². The minimum atomic E-state index is -0.853. The Morgan fingerprint density at radius 1 is 1.00 bits per heavy atom. The van der Waals surface area contributed by atoms with Crippen LogP contribution in [0.2, 0.25) is 10.0 Å². The molecule has 0 aliphatic carbocycles. The summed E-state index contributed by atoms with van der Waals surface area (Å²) in [5.41, 5.74) is 1.49. The number of aromatic nitrogens is 2. The van der Waals surface area contributed by atoms with E-state index in [2.05, 4.69) is 9.97 Å². The van der Waals surface area contributed by atoms with E-state index < -0.39 is 17.7 Å². The van der Waals surface area contributed by atoms with E-state index in [0.29, 0.717) is 10.7 Å². The molecule has 6 nitrogen and oxygen atoms in total. The number of aliphatic hydroxyl groups is 1. The molecule has 3 heterocycles. The molecule has 2 aromatic heterocycles. The lowest BCUT2D eigenvalue weighted by molar-refractivity contribution is -0.140. The van der Waals surface area contributed by atoms with Crippen molar-refractivity contribution in [1.29, 1.82) is 0 Å². The normalized spacial score (nSPS) is 18.1. The van der Waals surface area contributed by atoms with E-state index in [9.17, 15) is 14.7 Å². The van der Waals surface area contributed by atoms with Crippen LogP contribution in [0.1, 0.15) is 22.9 Å². The van der Waals surface area contributed by atoms with Gasteiger partial charge in [-0.25, -0.2) is 0 Å². The number of halogens is 2. The number of hydrogen-bond acceptors (Lipinski definition) is 5. The average Bonchev–Trinajstić information content (AvgIpc) is 3.01. The Hall–Kier alpha value is -3.22. The van der Waals surface area contributed by atoms with Crippen LogP contribution in [0.15, 0.2) is 72.7 Å². The molecule has 0 saturated carbocycles. The smallest absolute Gasteiger partial charge is 0.296 e. The fraction of sp³-hybridized carbons (Fsp3) is 0.0909. The quantitative estimate of drug-likeness (QED) is 0.369. The molecule has 8 heteroatoms. The minimum Gasteiger partial charge on any atom is -0.507 e. The zero-order valence-electron chi connectivity index (χ0n) is 15.5. The summed E-state index contributed by atoms with van der Waals surface area (Å²) in [6, 6.07) is 12.4. The molecule has 1 amide bonds. The summed E-state index contributed by atoms with van der Waals surface area (Å²) in [4.78, 5) is 35.5. The van der Waals surface area contributed by atoms with E-state index in [1.165, 1.54) is 23.1 Å². The van der Waals surface area contributed by atoms with Crippen LogP contribution in [0, 0.1) is 0 Å². The summed E-state index contributed by atoms with van der Waals surface area (Å²) in [6.45, 7) is 0.159. The van der Waals surface area contributed by atoms with Crippen molar-refractivity contribution in [2.45, 2.75) is 12.6 Å². The molecule has 1 aliphatic rings. The maximum atomic E-state index is 12.9. The summed E-state index contributed by atoms with van der Waals surface area (Å²) in [5, 5.41) is 11.5. The van der Waals surface area contributed by atoms with Crippen molar-refractivity contribution in [3.63, 3.8) is 0 Å². The Labute approximate surface area is 182 Å². The van der Waals surface area contributed by atoms with E-state index in [1.807, 2.05) is 0 Å². The largest absolute Gasteiger partial charge is 0.507 e. The molecule has 1 atom stereocenters. The summed E-state index contributed by atoms with van der Waals surface area (Å²) >= 11 is 12.0. The number of nitrogens with zero attached hydrogens (tertiary/aromatic N) is 3. The number of pyridine rings is 2. The second-order valence-electron chi connectivity index (χ2n) is 6.67. The third-order valence-corrected chi connectivity index (χ3v) is 5.54. The summed E-state index contributed by atoms with van der Waals surface area (Å²) in [7, 11) is 0. The van der Waals surface area contributed by atoms with Gasteiger partial charge in [-0.15, -0.1) is 0 Å². The van der Waals surface area contributed by atoms with Gasteiger partial charge in [-0.1, -0.05) is 29.3 Å². The van der Waals surface area contributed by atoms with Gasteiger partial charge in [0, 0.05) is 30.7 Å². The first-order valence-electron chi connectivity index (χ1n) is 9.01. The SMILES string of the molecule is O=C1C(=O)N(Cc2ccncc2)C(c2ccccn2)/C1=C(/O)c1ccc(Cl)c(Cl)c1. The Bertz CT molecular complexity index is 1150. The van der Waals surface area contributed by atoms with E-state index in [0.717, 1.165) is 5.56 Å². The second-order valence-corrected chi connectivity index (χ2v) is 7.48. The van der Waals surface area contributed by atoms with Gasteiger partial charge < -0.3 is 10.0 Å². The molecule has 0 spiro atoms.